The zero-order valence-corrected chi connectivity index (χ0v) is 7.14. The van der Waals surface area contributed by atoms with Crippen molar-refractivity contribution in [3.05, 3.63) is 36.7 Å². The number of carbonyl (C=O) groups is 1. The van der Waals surface area contributed by atoms with E-state index in [0.29, 0.717) is 11.5 Å². The van der Waals surface area contributed by atoms with Gasteiger partial charge < -0.3 is 4.98 Å². The van der Waals surface area contributed by atoms with E-state index in [2.05, 4.69) is 25.3 Å². The van der Waals surface area contributed by atoms with Crippen molar-refractivity contribution < 1.29 is 4.79 Å². The Morgan fingerprint density at radius 2 is 2.14 bits per heavy atom. The van der Waals surface area contributed by atoms with Gasteiger partial charge in [0.1, 0.15) is 6.33 Å². The molecule has 0 radical (unpaired) electrons. The zero-order chi connectivity index (χ0) is 9.80. The van der Waals surface area contributed by atoms with E-state index in [4.69, 9.17) is 0 Å². The van der Waals surface area contributed by atoms with Crippen molar-refractivity contribution in [2.75, 3.05) is 5.32 Å². The fourth-order valence-corrected chi connectivity index (χ4v) is 0.930. The first kappa shape index (κ1) is 8.36. The Labute approximate surface area is 79.4 Å². The van der Waals surface area contributed by atoms with Gasteiger partial charge in [0, 0.05) is 24.8 Å². The first-order chi connectivity index (χ1) is 6.86. The largest absolute Gasteiger partial charge is 0.331 e. The highest BCUT2D eigenvalue weighted by Crippen LogP contribution is 2.00. The molecule has 0 fully saturated rings. The number of rotatable bonds is 2. The molecule has 0 atom stereocenters. The van der Waals surface area contributed by atoms with Crippen LogP contribution in [-0.4, -0.2) is 25.8 Å². The Hall–Kier alpha value is -2.24. The maximum atomic E-state index is 11.5. The monoisotopic (exact) mass is 189 g/mol. The number of anilines is 1. The molecule has 0 unspecified atom stereocenters. The lowest BCUT2D eigenvalue weighted by atomic mass is 10.3. The molecule has 0 saturated carbocycles. The van der Waals surface area contributed by atoms with Gasteiger partial charge in [0.15, 0.2) is 0 Å². The lowest BCUT2D eigenvalue weighted by molar-refractivity contribution is 0.102. The molecule has 2 aromatic rings. The van der Waals surface area contributed by atoms with E-state index in [1.807, 2.05) is 0 Å². The molecule has 0 aliphatic heterocycles. The summed E-state index contributed by atoms with van der Waals surface area (Å²) in [5.74, 6) is 0.111. The lowest BCUT2D eigenvalue weighted by Crippen LogP contribution is -2.13. The van der Waals surface area contributed by atoms with Crippen molar-refractivity contribution in [3.8, 4) is 0 Å². The summed E-state index contributed by atoms with van der Waals surface area (Å²) in [6.07, 6.45) is 7.41. The van der Waals surface area contributed by atoms with Crippen LogP contribution in [0.15, 0.2) is 31.1 Å². The lowest BCUT2D eigenvalue weighted by Gasteiger charge is -1.99. The molecule has 0 bridgehead atoms. The van der Waals surface area contributed by atoms with Crippen LogP contribution in [0.3, 0.4) is 0 Å². The minimum Gasteiger partial charge on any atom is -0.331 e. The van der Waals surface area contributed by atoms with Crippen molar-refractivity contribution in [1.82, 2.24) is 19.9 Å². The Kier molecular flexibility index (Phi) is 2.18. The van der Waals surface area contributed by atoms with E-state index in [1.54, 1.807) is 12.4 Å². The number of amides is 1. The molecule has 2 aromatic heterocycles. The van der Waals surface area contributed by atoms with Crippen LogP contribution in [0.4, 0.5) is 5.95 Å². The predicted octanol–water partition coefficient (Wildman–Crippen LogP) is 0.452. The summed E-state index contributed by atoms with van der Waals surface area (Å²) in [7, 11) is 0. The van der Waals surface area contributed by atoms with E-state index in [9.17, 15) is 4.79 Å². The molecule has 1 amide bonds. The molecule has 0 aliphatic carbocycles. The van der Waals surface area contributed by atoms with Crippen LogP contribution < -0.4 is 5.32 Å². The Bertz CT molecular complexity index is 411. The summed E-state index contributed by atoms with van der Waals surface area (Å²) in [5.41, 5.74) is 0.393. The van der Waals surface area contributed by atoms with Gasteiger partial charge in [-0.1, -0.05) is 0 Å². The number of carbonyl (C=O) groups excluding carboxylic acids is 1. The molecule has 14 heavy (non-hydrogen) atoms. The second kappa shape index (κ2) is 3.65. The van der Waals surface area contributed by atoms with Crippen LogP contribution in [0.5, 0.6) is 0 Å². The third kappa shape index (κ3) is 1.74. The van der Waals surface area contributed by atoms with E-state index in [-0.39, 0.29) is 5.91 Å². The quantitative estimate of drug-likeness (QED) is 0.718. The number of aromatic nitrogens is 4. The second-order valence-electron chi connectivity index (χ2n) is 2.52. The van der Waals surface area contributed by atoms with Crippen molar-refractivity contribution in [2.45, 2.75) is 0 Å². The average Bonchev–Trinajstić information content (AvgIpc) is 2.72. The van der Waals surface area contributed by atoms with Crippen molar-refractivity contribution in [2.24, 2.45) is 0 Å². The highest BCUT2D eigenvalue weighted by atomic mass is 16.1. The number of H-pyrrole nitrogens is 1. The highest BCUT2D eigenvalue weighted by molar-refractivity contribution is 6.02. The smallest absolute Gasteiger partial charge is 0.261 e. The second-order valence-corrected chi connectivity index (χ2v) is 2.52. The summed E-state index contributed by atoms with van der Waals surface area (Å²) in [6, 6.07) is 0. The summed E-state index contributed by atoms with van der Waals surface area (Å²) in [4.78, 5) is 25.5. The van der Waals surface area contributed by atoms with Crippen LogP contribution in [0.2, 0.25) is 0 Å². The van der Waals surface area contributed by atoms with Crippen LogP contribution in [-0.2, 0) is 0 Å². The molecule has 0 spiro atoms. The first-order valence-electron chi connectivity index (χ1n) is 3.92. The normalized spacial score (nSPS) is 9.71. The summed E-state index contributed by atoms with van der Waals surface area (Å²) in [6.45, 7) is 0. The molecule has 0 aliphatic rings. The number of hydrogen-bond donors (Lipinski definition) is 2. The minimum atomic E-state index is -0.291. The van der Waals surface area contributed by atoms with Gasteiger partial charge in [-0.05, 0) is 0 Å². The van der Waals surface area contributed by atoms with Gasteiger partial charge >= 0.3 is 0 Å². The third-order valence-corrected chi connectivity index (χ3v) is 1.55. The van der Waals surface area contributed by atoms with Crippen molar-refractivity contribution in [3.63, 3.8) is 0 Å². The van der Waals surface area contributed by atoms with Crippen molar-refractivity contribution in [1.29, 1.82) is 0 Å². The zero-order valence-electron chi connectivity index (χ0n) is 7.14. The highest BCUT2D eigenvalue weighted by Gasteiger charge is 2.06. The van der Waals surface area contributed by atoms with Crippen LogP contribution in [0, 0.1) is 0 Å². The Balaban J connectivity index is 2.11. The predicted molar refractivity (Wildman–Crippen MR) is 48.6 cm³/mol. The topological polar surface area (TPSA) is 83.6 Å². The van der Waals surface area contributed by atoms with Crippen molar-refractivity contribution >= 4 is 11.9 Å². The van der Waals surface area contributed by atoms with E-state index >= 15 is 0 Å². The van der Waals surface area contributed by atoms with E-state index < -0.39 is 0 Å². The Morgan fingerprint density at radius 3 is 2.79 bits per heavy atom. The molecule has 70 valence electrons. The SMILES string of the molecule is O=C(Nc1ncc[nH]1)c1cncnc1. The maximum absolute atomic E-state index is 11.5. The minimum absolute atomic E-state index is 0.291. The molecular formula is C8H7N5O. The molecule has 2 heterocycles. The number of imidazole rings is 1. The summed E-state index contributed by atoms with van der Waals surface area (Å²) >= 11 is 0. The Morgan fingerprint density at radius 1 is 1.36 bits per heavy atom. The van der Waals surface area contributed by atoms with Gasteiger partial charge in [-0.25, -0.2) is 15.0 Å². The fraction of sp³-hybridized carbons (Fsp3) is 0. The van der Waals surface area contributed by atoms with Crippen LogP contribution in [0.1, 0.15) is 10.4 Å². The number of nitrogens with one attached hydrogen (secondary N) is 2. The molecule has 2 rings (SSSR count). The summed E-state index contributed by atoms with van der Waals surface area (Å²) < 4.78 is 0. The molecule has 0 aromatic carbocycles. The number of aromatic amines is 1. The van der Waals surface area contributed by atoms with Gasteiger partial charge in [-0.2, -0.15) is 0 Å². The molecule has 2 N–H and O–H groups in total. The van der Waals surface area contributed by atoms with Gasteiger partial charge in [-0.15, -0.1) is 0 Å². The van der Waals surface area contributed by atoms with Crippen LogP contribution in [0.25, 0.3) is 0 Å². The summed E-state index contributed by atoms with van der Waals surface area (Å²) in [5, 5.41) is 2.55. The van der Waals surface area contributed by atoms with Crippen LogP contribution >= 0.6 is 0 Å². The average molecular weight is 189 g/mol. The fourth-order valence-electron chi connectivity index (χ4n) is 0.930. The van der Waals surface area contributed by atoms with E-state index in [0.717, 1.165) is 0 Å². The molecule has 0 saturated heterocycles. The maximum Gasteiger partial charge on any atom is 0.261 e. The standard InChI is InChI=1S/C8H7N5O/c14-7(6-3-9-5-10-4-6)13-8-11-1-2-12-8/h1-5H,(H2,11,12,13,14). The number of hydrogen-bond acceptors (Lipinski definition) is 4. The first-order valence-corrected chi connectivity index (χ1v) is 3.92. The number of nitrogens with zero attached hydrogens (tertiary/aromatic N) is 3. The van der Waals surface area contributed by atoms with Gasteiger partial charge in [0.05, 0.1) is 5.56 Å². The molecular weight excluding hydrogens is 182 g/mol. The molecule has 6 heteroatoms. The third-order valence-electron chi connectivity index (χ3n) is 1.55. The van der Waals surface area contributed by atoms with Gasteiger partial charge in [0.25, 0.3) is 5.91 Å². The molecule has 6 nitrogen and oxygen atoms in total. The van der Waals surface area contributed by atoms with Gasteiger partial charge in [0.2, 0.25) is 5.95 Å². The van der Waals surface area contributed by atoms with Gasteiger partial charge in [-0.3, -0.25) is 10.1 Å². The van der Waals surface area contributed by atoms with E-state index in [1.165, 1.54) is 18.7 Å².